The highest BCUT2D eigenvalue weighted by atomic mass is 32.2. The minimum Gasteiger partial charge on any atom is -0.391 e. The molecule has 1 saturated carbocycles. The summed E-state index contributed by atoms with van der Waals surface area (Å²) in [4.78, 5) is 0. The molecule has 1 aliphatic rings. The second kappa shape index (κ2) is 9.82. The Kier molecular flexibility index (Phi) is 8.86. The number of hydrogen-bond acceptors (Lipinski definition) is 5. The van der Waals surface area contributed by atoms with Crippen LogP contribution >= 0.6 is 0 Å². The molecule has 3 atom stereocenters. The second-order valence-corrected chi connectivity index (χ2v) is 8.33. The lowest BCUT2D eigenvalue weighted by Gasteiger charge is -2.29. The van der Waals surface area contributed by atoms with Crippen LogP contribution in [0.15, 0.2) is 0 Å². The molecule has 132 valence electrons. The van der Waals surface area contributed by atoms with Crippen molar-refractivity contribution in [2.24, 2.45) is 11.7 Å². The lowest BCUT2D eigenvalue weighted by atomic mass is 9.84. The quantitative estimate of drug-likeness (QED) is 0.439. The van der Waals surface area contributed by atoms with Gasteiger partial charge < -0.3 is 15.9 Å². The smallest absolute Gasteiger partial charge is 0.214 e. The van der Waals surface area contributed by atoms with Crippen LogP contribution in [-0.2, 0) is 10.0 Å². The molecule has 1 fully saturated rings. The SMILES string of the molecule is CCCCNS(=O)(=O)CC(O)C(N)C(O)CC1CCCCC1. The largest absolute Gasteiger partial charge is 0.391 e. The zero-order valence-electron chi connectivity index (χ0n) is 13.6. The van der Waals surface area contributed by atoms with Crippen LogP contribution in [0.3, 0.4) is 0 Å². The van der Waals surface area contributed by atoms with Crippen LogP contribution in [0, 0.1) is 5.92 Å². The van der Waals surface area contributed by atoms with E-state index in [1.54, 1.807) is 0 Å². The zero-order chi connectivity index (χ0) is 16.6. The predicted octanol–water partition coefficient (Wildman–Crippen LogP) is 0.725. The van der Waals surface area contributed by atoms with Crippen molar-refractivity contribution in [3.8, 4) is 0 Å². The van der Waals surface area contributed by atoms with E-state index >= 15 is 0 Å². The topological polar surface area (TPSA) is 113 Å². The Bertz CT molecular complexity index is 396. The number of aliphatic hydroxyl groups is 2. The van der Waals surface area contributed by atoms with E-state index in [0.717, 1.165) is 25.7 Å². The maximum absolute atomic E-state index is 11.8. The first-order valence-corrected chi connectivity index (χ1v) is 10.1. The molecule has 7 heteroatoms. The lowest BCUT2D eigenvalue weighted by Crippen LogP contribution is -2.49. The molecule has 1 aliphatic carbocycles. The molecular weight excluding hydrogens is 304 g/mol. The average Bonchev–Trinajstić information content (AvgIpc) is 2.47. The number of rotatable bonds is 10. The number of nitrogens with one attached hydrogen (secondary N) is 1. The monoisotopic (exact) mass is 336 g/mol. The molecular formula is C15H32N2O4S. The summed E-state index contributed by atoms with van der Waals surface area (Å²) in [6.45, 7) is 2.34. The molecule has 3 unspecified atom stereocenters. The summed E-state index contributed by atoms with van der Waals surface area (Å²) in [6, 6.07) is -0.926. The fraction of sp³-hybridized carbons (Fsp3) is 1.00. The van der Waals surface area contributed by atoms with Crippen molar-refractivity contribution in [3.63, 3.8) is 0 Å². The molecule has 0 aliphatic heterocycles. The Morgan fingerprint density at radius 1 is 1.18 bits per heavy atom. The molecule has 0 aromatic carbocycles. The summed E-state index contributed by atoms with van der Waals surface area (Å²) in [5.74, 6) is -0.0270. The average molecular weight is 336 g/mol. The number of nitrogens with two attached hydrogens (primary N) is 1. The predicted molar refractivity (Wildman–Crippen MR) is 87.9 cm³/mol. The van der Waals surface area contributed by atoms with Gasteiger partial charge in [-0.2, -0.15) is 0 Å². The summed E-state index contributed by atoms with van der Waals surface area (Å²) in [7, 11) is -3.56. The first-order chi connectivity index (χ1) is 10.4. The Balaban J connectivity index is 2.40. The number of aliphatic hydroxyl groups excluding tert-OH is 2. The molecule has 5 N–H and O–H groups in total. The van der Waals surface area contributed by atoms with Crippen LogP contribution < -0.4 is 10.5 Å². The lowest BCUT2D eigenvalue weighted by molar-refractivity contribution is 0.0471. The van der Waals surface area contributed by atoms with Gasteiger partial charge in [0, 0.05) is 6.54 Å². The van der Waals surface area contributed by atoms with Crippen LogP contribution in [0.2, 0.25) is 0 Å². The van der Waals surface area contributed by atoms with Crippen LogP contribution in [0.5, 0.6) is 0 Å². The highest BCUT2D eigenvalue weighted by Crippen LogP contribution is 2.28. The van der Waals surface area contributed by atoms with E-state index in [-0.39, 0.29) is 0 Å². The summed E-state index contributed by atoms with van der Waals surface area (Å²) in [5, 5.41) is 20.2. The van der Waals surface area contributed by atoms with Crippen molar-refractivity contribution in [1.82, 2.24) is 4.72 Å². The molecule has 0 spiro atoms. The van der Waals surface area contributed by atoms with E-state index in [1.807, 2.05) is 6.92 Å². The normalized spacial score (nSPS) is 21.5. The molecule has 0 amide bonds. The maximum Gasteiger partial charge on any atom is 0.214 e. The van der Waals surface area contributed by atoms with Gasteiger partial charge in [0.15, 0.2) is 0 Å². The fourth-order valence-corrected chi connectivity index (χ4v) is 4.22. The maximum atomic E-state index is 11.8. The van der Waals surface area contributed by atoms with Gasteiger partial charge in [0.05, 0.1) is 24.0 Å². The molecule has 0 aromatic rings. The van der Waals surface area contributed by atoms with Gasteiger partial charge in [-0.1, -0.05) is 45.4 Å². The Hall–Kier alpha value is -0.210. The van der Waals surface area contributed by atoms with E-state index < -0.39 is 34.0 Å². The number of unbranched alkanes of at least 4 members (excludes halogenated alkanes) is 1. The van der Waals surface area contributed by atoms with Crippen LogP contribution in [0.1, 0.15) is 58.3 Å². The Morgan fingerprint density at radius 3 is 2.41 bits per heavy atom. The van der Waals surface area contributed by atoms with Crippen LogP contribution in [0.4, 0.5) is 0 Å². The van der Waals surface area contributed by atoms with Crippen molar-refractivity contribution in [2.45, 2.75) is 76.5 Å². The van der Waals surface area contributed by atoms with Gasteiger partial charge in [0.25, 0.3) is 0 Å². The van der Waals surface area contributed by atoms with Gasteiger partial charge in [0.2, 0.25) is 10.0 Å². The molecule has 0 bridgehead atoms. The van der Waals surface area contributed by atoms with Gasteiger partial charge >= 0.3 is 0 Å². The first-order valence-electron chi connectivity index (χ1n) is 8.44. The third-order valence-corrected chi connectivity index (χ3v) is 5.85. The van der Waals surface area contributed by atoms with Crippen molar-refractivity contribution < 1.29 is 18.6 Å². The number of hydrogen-bond donors (Lipinski definition) is 4. The van der Waals surface area contributed by atoms with E-state index in [9.17, 15) is 18.6 Å². The Morgan fingerprint density at radius 2 is 1.82 bits per heavy atom. The third kappa shape index (κ3) is 7.37. The number of sulfonamides is 1. The van der Waals surface area contributed by atoms with E-state index in [0.29, 0.717) is 18.9 Å². The van der Waals surface area contributed by atoms with Crippen molar-refractivity contribution in [2.75, 3.05) is 12.3 Å². The van der Waals surface area contributed by atoms with Crippen LogP contribution in [-0.4, -0.2) is 49.2 Å². The highest BCUT2D eigenvalue weighted by molar-refractivity contribution is 7.89. The third-order valence-electron chi connectivity index (χ3n) is 4.43. The van der Waals surface area contributed by atoms with Crippen molar-refractivity contribution >= 4 is 10.0 Å². The van der Waals surface area contributed by atoms with Gasteiger partial charge in [-0.3, -0.25) is 0 Å². The standard InChI is InChI=1S/C15H32N2O4S/c1-2-3-9-17-22(20,21)11-14(19)15(16)13(18)10-12-7-5-4-6-8-12/h12-15,17-19H,2-11,16H2,1H3. The van der Waals surface area contributed by atoms with Gasteiger partial charge in [-0.15, -0.1) is 0 Å². The van der Waals surface area contributed by atoms with Gasteiger partial charge in [-0.05, 0) is 18.8 Å². The van der Waals surface area contributed by atoms with E-state index in [1.165, 1.54) is 19.3 Å². The first kappa shape index (κ1) is 19.8. The summed E-state index contributed by atoms with van der Waals surface area (Å²) in [5.41, 5.74) is 5.85. The van der Waals surface area contributed by atoms with E-state index in [2.05, 4.69) is 4.72 Å². The molecule has 0 saturated heterocycles. The molecule has 22 heavy (non-hydrogen) atoms. The van der Waals surface area contributed by atoms with Crippen LogP contribution in [0.25, 0.3) is 0 Å². The van der Waals surface area contributed by atoms with Gasteiger partial charge in [0.1, 0.15) is 0 Å². The zero-order valence-corrected chi connectivity index (χ0v) is 14.4. The molecule has 0 aromatic heterocycles. The fourth-order valence-electron chi connectivity index (χ4n) is 2.98. The minimum atomic E-state index is -3.56. The summed E-state index contributed by atoms with van der Waals surface area (Å²) < 4.78 is 26.1. The summed E-state index contributed by atoms with van der Waals surface area (Å²) in [6.07, 6.45) is 5.83. The summed E-state index contributed by atoms with van der Waals surface area (Å²) >= 11 is 0. The minimum absolute atomic E-state index is 0.366. The van der Waals surface area contributed by atoms with E-state index in [4.69, 9.17) is 5.73 Å². The highest BCUT2D eigenvalue weighted by Gasteiger charge is 2.29. The molecule has 0 heterocycles. The Labute approximate surface area is 134 Å². The molecule has 1 rings (SSSR count). The second-order valence-electron chi connectivity index (χ2n) is 6.48. The van der Waals surface area contributed by atoms with Crippen molar-refractivity contribution in [3.05, 3.63) is 0 Å². The molecule has 0 radical (unpaired) electrons. The van der Waals surface area contributed by atoms with Gasteiger partial charge in [-0.25, -0.2) is 13.1 Å². The van der Waals surface area contributed by atoms with Crippen molar-refractivity contribution in [1.29, 1.82) is 0 Å². The molecule has 6 nitrogen and oxygen atoms in total.